The molecular formula is C14H12NO6-. The van der Waals surface area contributed by atoms with Gasteiger partial charge in [-0.2, -0.15) is 0 Å². The molecule has 0 unspecified atom stereocenters. The van der Waals surface area contributed by atoms with Gasteiger partial charge in [0.25, 0.3) is 5.43 Å². The second kappa shape index (κ2) is 5.66. The first-order valence-corrected chi connectivity index (χ1v) is 6.14. The van der Waals surface area contributed by atoms with Crippen LogP contribution >= 0.6 is 0 Å². The van der Waals surface area contributed by atoms with E-state index in [0.29, 0.717) is 0 Å². The van der Waals surface area contributed by atoms with Crippen LogP contribution in [0.2, 0.25) is 0 Å². The van der Waals surface area contributed by atoms with Crippen LogP contribution in [-0.4, -0.2) is 17.2 Å². The van der Waals surface area contributed by atoms with E-state index in [1.165, 1.54) is 24.3 Å². The van der Waals surface area contributed by atoms with Crippen molar-refractivity contribution < 1.29 is 19.2 Å². The predicted octanol–water partition coefficient (Wildman–Crippen LogP) is 0.634. The molecule has 0 saturated carbocycles. The Morgan fingerprint density at radius 1 is 1.24 bits per heavy atom. The molecule has 0 saturated heterocycles. The lowest BCUT2D eigenvalue weighted by molar-refractivity contribution is -0.268. The first kappa shape index (κ1) is 14.6. The van der Waals surface area contributed by atoms with Crippen LogP contribution < -0.4 is 16.2 Å². The van der Waals surface area contributed by atoms with Crippen LogP contribution in [0.1, 0.15) is 24.3 Å². The third-order valence-electron chi connectivity index (χ3n) is 2.60. The molecule has 0 radical (unpaired) electrons. The zero-order chi connectivity index (χ0) is 15.6. The van der Waals surface area contributed by atoms with Crippen molar-refractivity contribution in [3.63, 3.8) is 0 Å². The van der Waals surface area contributed by atoms with E-state index in [0.717, 1.165) is 0 Å². The zero-order valence-corrected chi connectivity index (χ0v) is 11.3. The van der Waals surface area contributed by atoms with E-state index in [2.05, 4.69) is 9.68 Å². The number of carbonyl (C=O) groups excluding carboxylic acids is 1. The van der Waals surface area contributed by atoms with E-state index in [1.54, 1.807) is 13.8 Å². The highest BCUT2D eigenvalue weighted by molar-refractivity contribution is 5.94. The summed E-state index contributed by atoms with van der Waals surface area (Å²) in [6, 6.07) is 5.14. The molecule has 1 heterocycles. The first-order valence-electron chi connectivity index (χ1n) is 6.14. The minimum absolute atomic E-state index is 0.183. The molecule has 1 aromatic carbocycles. The minimum Gasteiger partial charge on any atom is -0.872 e. The van der Waals surface area contributed by atoms with Gasteiger partial charge in [0.2, 0.25) is 0 Å². The predicted molar refractivity (Wildman–Crippen MR) is 71.0 cm³/mol. The summed E-state index contributed by atoms with van der Waals surface area (Å²) in [5.74, 6) is -1.09. The fourth-order valence-electron chi connectivity index (χ4n) is 1.72. The Kier molecular flexibility index (Phi) is 3.93. The van der Waals surface area contributed by atoms with Crippen LogP contribution in [0.3, 0.4) is 0 Å². The fraction of sp³-hybridized carbons (Fsp3) is 0.214. The highest BCUT2D eigenvalue weighted by Gasteiger charge is 2.22. The summed E-state index contributed by atoms with van der Waals surface area (Å²) in [5, 5.41) is 13.2. The zero-order valence-electron chi connectivity index (χ0n) is 11.3. The van der Waals surface area contributed by atoms with Crippen molar-refractivity contribution in [1.82, 2.24) is 5.16 Å². The smallest absolute Gasteiger partial charge is 0.403 e. The first-order chi connectivity index (χ1) is 9.90. The second-order valence-electron chi connectivity index (χ2n) is 4.55. The molecule has 0 atom stereocenters. The van der Waals surface area contributed by atoms with Gasteiger partial charge in [0.1, 0.15) is 0 Å². The van der Waals surface area contributed by atoms with E-state index >= 15 is 0 Å². The summed E-state index contributed by atoms with van der Waals surface area (Å²) in [6.07, 6.45) is -0.412. The molecule has 0 bridgehead atoms. The lowest BCUT2D eigenvalue weighted by atomic mass is 10.0. The lowest BCUT2D eigenvalue weighted by Crippen LogP contribution is -2.29. The summed E-state index contributed by atoms with van der Waals surface area (Å²) in [4.78, 5) is 35.3. The SMILES string of the molecule is CC(C)OC(=O)c1[nH]oc(=O)c(=O)c1-c1ccc([O-])cc1. The summed E-state index contributed by atoms with van der Waals surface area (Å²) < 4.78 is 9.41. The van der Waals surface area contributed by atoms with E-state index in [-0.39, 0.29) is 22.6 Å². The molecule has 0 aliphatic carbocycles. The number of ether oxygens (including phenoxy) is 1. The van der Waals surface area contributed by atoms with Gasteiger partial charge in [-0.3, -0.25) is 4.79 Å². The van der Waals surface area contributed by atoms with Crippen LogP contribution in [0.4, 0.5) is 0 Å². The number of rotatable bonds is 3. The normalized spacial score (nSPS) is 10.6. The number of hydrogen-bond acceptors (Lipinski definition) is 6. The maximum absolute atomic E-state index is 12.0. The Hall–Kier alpha value is -2.83. The van der Waals surface area contributed by atoms with Crippen LogP contribution in [-0.2, 0) is 4.74 Å². The molecule has 1 aromatic heterocycles. The second-order valence-corrected chi connectivity index (χ2v) is 4.55. The third kappa shape index (κ3) is 3.02. The Labute approximate surface area is 118 Å². The molecule has 7 heteroatoms. The van der Waals surface area contributed by atoms with Crippen LogP contribution in [0, 0.1) is 0 Å². The topological polar surface area (TPSA) is 112 Å². The van der Waals surface area contributed by atoms with Crippen LogP contribution in [0.25, 0.3) is 11.1 Å². The molecule has 1 N–H and O–H groups in total. The average Bonchev–Trinajstić information content (AvgIpc) is 2.42. The van der Waals surface area contributed by atoms with E-state index < -0.39 is 23.1 Å². The molecule has 0 aliphatic heterocycles. The summed E-state index contributed by atoms with van der Waals surface area (Å²) >= 11 is 0. The number of benzene rings is 1. The number of aromatic amines is 1. The number of hydrogen-bond donors (Lipinski definition) is 1. The third-order valence-corrected chi connectivity index (χ3v) is 2.60. The lowest BCUT2D eigenvalue weighted by Gasteiger charge is -2.11. The van der Waals surface area contributed by atoms with Crippen molar-refractivity contribution in [1.29, 1.82) is 0 Å². The molecular weight excluding hydrogens is 278 g/mol. The molecule has 0 aliphatic rings. The maximum Gasteiger partial charge on any atom is 0.403 e. The Bertz CT molecular complexity index is 769. The standard InChI is InChI=1S/C14H13NO6/c1-7(2)20-13(18)11-10(12(17)14(19)21-15-11)8-3-5-9(16)6-4-8/h3-7,15-16H,1-2H3/p-1. The van der Waals surface area contributed by atoms with Crippen molar-refractivity contribution >= 4 is 5.97 Å². The van der Waals surface area contributed by atoms with Gasteiger partial charge >= 0.3 is 11.6 Å². The molecule has 0 spiro atoms. The van der Waals surface area contributed by atoms with Gasteiger partial charge in [-0.05, 0) is 19.4 Å². The van der Waals surface area contributed by atoms with Gasteiger partial charge in [-0.15, -0.1) is 5.75 Å². The molecule has 0 fully saturated rings. The van der Waals surface area contributed by atoms with Gasteiger partial charge in [0.15, 0.2) is 5.69 Å². The molecule has 110 valence electrons. The van der Waals surface area contributed by atoms with Gasteiger partial charge < -0.3 is 14.4 Å². The summed E-state index contributed by atoms with van der Waals surface area (Å²) in [6.45, 7) is 3.28. The van der Waals surface area contributed by atoms with Crippen molar-refractivity contribution in [2.75, 3.05) is 0 Å². The van der Waals surface area contributed by atoms with Gasteiger partial charge in [0.05, 0.1) is 11.7 Å². The largest absolute Gasteiger partial charge is 0.872 e. The van der Waals surface area contributed by atoms with Crippen molar-refractivity contribution in [2.45, 2.75) is 20.0 Å². The highest BCUT2D eigenvalue weighted by Crippen LogP contribution is 2.20. The summed E-state index contributed by atoms with van der Waals surface area (Å²) in [7, 11) is 0. The van der Waals surface area contributed by atoms with Crippen LogP contribution in [0.5, 0.6) is 5.75 Å². The maximum atomic E-state index is 12.0. The number of esters is 1. The molecule has 2 rings (SSSR count). The highest BCUT2D eigenvalue weighted by atomic mass is 16.5. The number of H-pyrrole nitrogens is 1. The van der Waals surface area contributed by atoms with E-state index in [4.69, 9.17) is 4.74 Å². The van der Waals surface area contributed by atoms with Gasteiger partial charge in [-0.25, -0.2) is 14.7 Å². The Morgan fingerprint density at radius 3 is 2.43 bits per heavy atom. The Balaban J connectivity index is 2.65. The molecule has 7 nitrogen and oxygen atoms in total. The quantitative estimate of drug-likeness (QED) is 0.655. The molecule has 21 heavy (non-hydrogen) atoms. The minimum atomic E-state index is -1.14. The van der Waals surface area contributed by atoms with Crippen molar-refractivity contribution in [3.05, 3.63) is 50.6 Å². The van der Waals surface area contributed by atoms with Crippen LogP contribution in [0.15, 0.2) is 38.4 Å². The fourth-order valence-corrected chi connectivity index (χ4v) is 1.72. The average molecular weight is 290 g/mol. The number of nitrogens with one attached hydrogen (secondary N) is 1. The Morgan fingerprint density at radius 2 is 1.86 bits per heavy atom. The molecule has 2 aromatic rings. The number of carbonyl (C=O) groups is 1. The molecule has 0 amide bonds. The van der Waals surface area contributed by atoms with Gasteiger partial charge in [0, 0.05) is 0 Å². The monoisotopic (exact) mass is 290 g/mol. The van der Waals surface area contributed by atoms with E-state index in [9.17, 15) is 19.5 Å². The van der Waals surface area contributed by atoms with Crippen molar-refractivity contribution in [3.8, 4) is 16.9 Å². The number of aromatic nitrogens is 1. The van der Waals surface area contributed by atoms with Gasteiger partial charge in [-0.1, -0.05) is 24.3 Å². The van der Waals surface area contributed by atoms with E-state index in [1.807, 2.05) is 0 Å². The summed E-state index contributed by atoms with van der Waals surface area (Å²) in [5.41, 5.74) is -2.33. The van der Waals surface area contributed by atoms with Crippen molar-refractivity contribution in [2.24, 2.45) is 0 Å².